The highest BCUT2D eigenvalue weighted by molar-refractivity contribution is 5.85. The normalized spacial score (nSPS) is 16.3. The third kappa shape index (κ3) is 5.66. The lowest BCUT2D eigenvalue weighted by molar-refractivity contribution is 0.0636. The largest absolute Gasteiger partial charge is 0.444 e. The lowest BCUT2D eigenvalue weighted by Gasteiger charge is -2.24. The van der Waals surface area contributed by atoms with Gasteiger partial charge in [0.2, 0.25) is 0 Å². The summed E-state index contributed by atoms with van der Waals surface area (Å²) in [5, 5.41) is 6.30. The molecule has 0 saturated heterocycles. The van der Waals surface area contributed by atoms with Crippen LogP contribution in [0.15, 0.2) is 24.3 Å². The molecule has 1 aromatic carbocycles. The van der Waals surface area contributed by atoms with Crippen LogP contribution in [-0.2, 0) is 4.74 Å². The number of ether oxygens (including phenoxy) is 1. The number of carbonyl (C=O) groups is 1. The molecule has 0 aromatic heterocycles. The van der Waals surface area contributed by atoms with Crippen molar-refractivity contribution in [1.29, 1.82) is 0 Å². The average molecular weight is 290 g/mol. The summed E-state index contributed by atoms with van der Waals surface area (Å²) in [5.74, 6) is 0. The van der Waals surface area contributed by atoms with E-state index >= 15 is 0 Å². The van der Waals surface area contributed by atoms with Gasteiger partial charge in [0.25, 0.3) is 0 Å². The van der Waals surface area contributed by atoms with Crippen LogP contribution in [0.25, 0.3) is 0 Å². The molecule has 0 heterocycles. The Balaban J connectivity index is 1.85. The van der Waals surface area contributed by atoms with Gasteiger partial charge < -0.3 is 10.1 Å². The molecule has 1 amide bonds. The maximum Gasteiger partial charge on any atom is 0.412 e. The van der Waals surface area contributed by atoms with Crippen LogP contribution in [0.4, 0.5) is 16.2 Å². The Morgan fingerprint density at radius 2 is 1.62 bits per heavy atom. The monoisotopic (exact) mass is 290 g/mol. The van der Waals surface area contributed by atoms with Gasteiger partial charge in [-0.2, -0.15) is 0 Å². The van der Waals surface area contributed by atoms with Crippen molar-refractivity contribution in [1.82, 2.24) is 0 Å². The third-order valence-electron chi connectivity index (χ3n) is 3.51. The summed E-state index contributed by atoms with van der Waals surface area (Å²) in [7, 11) is 0. The molecule has 21 heavy (non-hydrogen) atoms. The van der Waals surface area contributed by atoms with Gasteiger partial charge in [-0.25, -0.2) is 4.79 Å². The van der Waals surface area contributed by atoms with Crippen LogP contribution in [0.2, 0.25) is 0 Å². The maximum atomic E-state index is 11.7. The van der Waals surface area contributed by atoms with E-state index in [1.807, 2.05) is 45.0 Å². The number of hydrogen-bond acceptors (Lipinski definition) is 3. The van der Waals surface area contributed by atoms with Crippen LogP contribution < -0.4 is 10.6 Å². The zero-order chi connectivity index (χ0) is 15.3. The van der Waals surface area contributed by atoms with Gasteiger partial charge in [0.05, 0.1) is 0 Å². The number of carbonyl (C=O) groups excluding carboxylic acids is 1. The fourth-order valence-electron chi connectivity index (χ4n) is 2.55. The minimum absolute atomic E-state index is 0.421. The second-order valence-electron chi connectivity index (χ2n) is 6.68. The van der Waals surface area contributed by atoms with Gasteiger partial charge in [-0.05, 0) is 57.9 Å². The van der Waals surface area contributed by atoms with E-state index in [-0.39, 0.29) is 0 Å². The fraction of sp³-hybridized carbons (Fsp3) is 0.588. The summed E-state index contributed by atoms with van der Waals surface area (Å²) in [6.45, 7) is 5.55. The van der Waals surface area contributed by atoms with E-state index in [9.17, 15) is 4.79 Å². The van der Waals surface area contributed by atoms with E-state index in [0.29, 0.717) is 6.04 Å². The Hall–Kier alpha value is -1.71. The van der Waals surface area contributed by atoms with Crippen LogP contribution in [0.5, 0.6) is 0 Å². The van der Waals surface area contributed by atoms with E-state index in [1.54, 1.807) is 0 Å². The first-order valence-electron chi connectivity index (χ1n) is 7.79. The van der Waals surface area contributed by atoms with Crippen LogP contribution in [0.3, 0.4) is 0 Å². The molecule has 0 unspecified atom stereocenters. The van der Waals surface area contributed by atoms with Crippen molar-refractivity contribution in [2.24, 2.45) is 0 Å². The predicted octanol–water partition coefficient (Wildman–Crippen LogP) is 4.78. The third-order valence-corrected chi connectivity index (χ3v) is 3.51. The Labute approximate surface area is 127 Å². The van der Waals surface area contributed by atoms with Gasteiger partial charge in [-0.3, -0.25) is 5.32 Å². The van der Waals surface area contributed by atoms with E-state index < -0.39 is 11.7 Å². The second-order valence-corrected chi connectivity index (χ2v) is 6.68. The highest BCUT2D eigenvalue weighted by Crippen LogP contribution is 2.22. The maximum absolute atomic E-state index is 11.7. The minimum Gasteiger partial charge on any atom is -0.444 e. The summed E-state index contributed by atoms with van der Waals surface area (Å²) < 4.78 is 5.23. The van der Waals surface area contributed by atoms with Gasteiger partial charge in [0.1, 0.15) is 5.60 Å². The molecule has 4 nitrogen and oxygen atoms in total. The zero-order valence-corrected chi connectivity index (χ0v) is 13.2. The van der Waals surface area contributed by atoms with Crippen molar-refractivity contribution in [2.75, 3.05) is 10.6 Å². The van der Waals surface area contributed by atoms with Crippen molar-refractivity contribution in [2.45, 2.75) is 64.5 Å². The molecule has 0 aliphatic heterocycles. The van der Waals surface area contributed by atoms with Crippen LogP contribution in [0.1, 0.15) is 52.9 Å². The molecular formula is C17H26N2O2. The summed E-state index contributed by atoms with van der Waals surface area (Å²) in [4.78, 5) is 11.7. The first kappa shape index (κ1) is 15.7. The molecule has 1 fully saturated rings. The summed E-state index contributed by atoms with van der Waals surface area (Å²) in [6, 6.07) is 8.38. The first-order chi connectivity index (χ1) is 9.92. The van der Waals surface area contributed by atoms with E-state index in [0.717, 1.165) is 11.4 Å². The van der Waals surface area contributed by atoms with Gasteiger partial charge in [-0.1, -0.05) is 19.3 Å². The lowest BCUT2D eigenvalue weighted by atomic mass is 9.95. The molecule has 1 saturated carbocycles. The Kier molecular flexibility index (Phi) is 5.10. The highest BCUT2D eigenvalue weighted by Gasteiger charge is 2.16. The molecule has 2 rings (SSSR count). The van der Waals surface area contributed by atoms with Gasteiger partial charge >= 0.3 is 6.09 Å². The topological polar surface area (TPSA) is 50.4 Å². The molecule has 4 heteroatoms. The van der Waals surface area contributed by atoms with E-state index in [2.05, 4.69) is 10.6 Å². The number of benzene rings is 1. The molecule has 1 aliphatic carbocycles. The smallest absolute Gasteiger partial charge is 0.412 e. The molecule has 1 aliphatic rings. The molecule has 0 bridgehead atoms. The van der Waals surface area contributed by atoms with E-state index in [4.69, 9.17) is 4.74 Å². The SMILES string of the molecule is CC(C)(C)OC(=O)Nc1ccc(NC2CCCCC2)cc1. The molecule has 0 spiro atoms. The Morgan fingerprint density at radius 3 is 2.19 bits per heavy atom. The standard InChI is InChI=1S/C17H26N2O2/c1-17(2,3)21-16(20)19-15-11-9-14(10-12-15)18-13-7-5-4-6-8-13/h9-13,18H,4-8H2,1-3H3,(H,19,20). The van der Waals surface area contributed by atoms with Gasteiger partial charge in [0.15, 0.2) is 0 Å². The number of nitrogens with one attached hydrogen (secondary N) is 2. The highest BCUT2D eigenvalue weighted by atomic mass is 16.6. The molecule has 0 radical (unpaired) electrons. The quantitative estimate of drug-likeness (QED) is 0.842. The second kappa shape index (κ2) is 6.83. The first-order valence-corrected chi connectivity index (χ1v) is 7.79. The summed E-state index contributed by atoms with van der Waals surface area (Å²) in [6.07, 6.45) is 6.06. The summed E-state index contributed by atoms with van der Waals surface area (Å²) in [5.41, 5.74) is 1.38. The lowest BCUT2D eigenvalue weighted by Crippen LogP contribution is -2.27. The Bertz CT molecular complexity index is 457. The predicted molar refractivity (Wildman–Crippen MR) is 86.8 cm³/mol. The minimum atomic E-state index is -0.480. The Morgan fingerprint density at radius 1 is 1.05 bits per heavy atom. The molecule has 0 atom stereocenters. The van der Waals surface area contributed by atoms with Crippen LogP contribution in [0, 0.1) is 0 Å². The zero-order valence-electron chi connectivity index (χ0n) is 13.2. The van der Waals surface area contributed by atoms with E-state index in [1.165, 1.54) is 32.1 Å². The fourth-order valence-corrected chi connectivity index (χ4v) is 2.55. The van der Waals surface area contributed by atoms with Crippen molar-refractivity contribution in [3.63, 3.8) is 0 Å². The summed E-state index contributed by atoms with van der Waals surface area (Å²) >= 11 is 0. The van der Waals surface area contributed by atoms with Crippen molar-refractivity contribution < 1.29 is 9.53 Å². The number of anilines is 2. The molecule has 116 valence electrons. The molecule has 2 N–H and O–H groups in total. The van der Waals surface area contributed by atoms with Crippen molar-refractivity contribution >= 4 is 17.5 Å². The van der Waals surface area contributed by atoms with Crippen LogP contribution >= 0.6 is 0 Å². The van der Waals surface area contributed by atoms with Crippen molar-refractivity contribution in [3.8, 4) is 0 Å². The number of rotatable bonds is 3. The van der Waals surface area contributed by atoms with Crippen LogP contribution in [-0.4, -0.2) is 17.7 Å². The average Bonchev–Trinajstić information content (AvgIpc) is 2.40. The number of hydrogen-bond donors (Lipinski definition) is 2. The van der Waals surface area contributed by atoms with Gasteiger partial charge in [-0.15, -0.1) is 0 Å². The molecule has 1 aromatic rings. The van der Waals surface area contributed by atoms with Gasteiger partial charge in [0, 0.05) is 17.4 Å². The van der Waals surface area contributed by atoms with Crippen molar-refractivity contribution in [3.05, 3.63) is 24.3 Å². The number of amides is 1. The molecular weight excluding hydrogens is 264 g/mol.